The van der Waals surface area contributed by atoms with Crippen LogP contribution in [0.3, 0.4) is 0 Å². The zero-order valence-electron chi connectivity index (χ0n) is 15.2. The Morgan fingerprint density at radius 3 is 3.04 bits per heavy atom. The maximum atomic E-state index is 10.3. The summed E-state index contributed by atoms with van der Waals surface area (Å²) in [5.74, 6) is 2.12. The Morgan fingerprint density at radius 2 is 2.22 bits per heavy atom. The van der Waals surface area contributed by atoms with Crippen molar-refractivity contribution in [2.75, 3.05) is 20.2 Å². The summed E-state index contributed by atoms with van der Waals surface area (Å²) in [6, 6.07) is 9.35. The number of aromatic nitrogens is 3. The van der Waals surface area contributed by atoms with Crippen molar-refractivity contribution in [2.24, 2.45) is 0 Å². The number of piperidine rings is 1. The molecule has 4 rings (SSSR count). The number of hydrogen-bond acceptors (Lipinski definition) is 7. The first-order valence-electron chi connectivity index (χ1n) is 9.06. The van der Waals surface area contributed by atoms with Crippen LogP contribution in [0.4, 0.5) is 0 Å². The third kappa shape index (κ3) is 3.78. The summed E-state index contributed by atoms with van der Waals surface area (Å²) in [7, 11) is 1.56. The fraction of sp³-hybridized carbons (Fsp3) is 0.350. The van der Waals surface area contributed by atoms with Crippen molar-refractivity contribution in [2.45, 2.75) is 25.3 Å². The van der Waals surface area contributed by atoms with Crippen LogP contribution in [0.15, 0.2) is 47.2 Å². The SMILES string of the molecule is COc1cccc(CN2CCCC(c3nc(-c4cccnc4)no3)C2)c1O. The Labute approximate surface area is 157 Å². The van der Waals surface area contributed by atoms with Gasteiger partial charge in [0.15, 0.2) is 11.5 Å². The van der Waals surface area contributed by atoms with Crippen LogP contribution in [0.25, 0.3) is 11.4 Å². The third-order valence-corrected chi connectivity index (χ3v) is 4.91. The zero-order valence-corrected chi connectivity index (χ0v) is 15.2. The lowest BCUT2D eigenvalue weighted by Gasteiger charge is -2.31. The molecular weight excluding hydrogens is 344 g/mol. The van der Waals surface area contributed by atoms with Crippen LogP contribution in [0.1, 0.15) is 30.2 Å². The summed E-state index contributed by atoms with van der Waals surface area (Å²) in [5.41, 5.74) is 1.71. The molecule has 1 N–H and O–H groups in total. The maximum Gasteiger partial charge on any atom is 0.231 e. The summed E-state index contributed by atoms with van der Waals surface area (Å²) in [6.07, 6.45) is 5.50. The largest absolute Gasteiger partial charge is 0.504 e. The van der Waals surface area contributed by atoms with Crippen LogP contribution in [0, 0.1) is 0 Å². The molecule has 0 radical (unpaired) electrons. The molecule has 7 heteroatoms. The number of methoxy groups -OCH3 is 1. The highest BCUT2D eigenvalue weighted by Gasteiger charge is 2.27. The minimum Gasteiger partial charge on any atom is -0.504 e. The van der Waals surface area contributed by atoms with Gasteiger partial charge in [0.2, 0.25) is 11.7 Å². The second-order valence-electron chi connectivity index (χ2n) is 6.74. The van der Waals surface area contributed by atoms with Gasteiger partial charge in [0.25, 0.3) is 0 Å². The van der Waals surface area contributed by atoms with Gasteiger partial charge >= 0.3 is 0 Å². The fourth-order valence-corrected chi connectivity index (χ4v) is 3.52. The Bertz CT molecular complexity index is 897. The normalized spacial score (nSPS) is 17.7. The van der Waals surface area contributed by atoms with Crippen LogP contribution in [-0.4, -0.2) is 45.3 Å². The molecule has 0 amide bonds. The fourth-order valence-electron chi connectivity index (χ4n) is 3.52. The predicted octanol–water partition coefficient (Wildman–Crippen LogP) is 3.23. The van der Waals surface area contributed by atoms with Gasteiger partial charge in [0.05, 0.1) is 13.0 Å². The molecule has 0 spiro atoms. The highest BCUT2D eigenvalue weighted by molar-refractivity contribution is 5.52. The second-order valence-corrected chi connectivity index (χ2v) is 6.74. The van der Waals surface area contributed by atoms with Gasteiger partial charge < -0.3 is 14.4 Å². The van der Waals surface area contributed by atoms with E-state index in [1.807, 2.05) is 24.3 Å². The molecule has 1 aliphatic heterocycles. The Hall–Kier alpha value is -2.93. The Kier molecular flexibility index (Phi) is 5.02. The van der Waals surface area contributed by atoms with Gasteiger partial charge in [0, 0.05) is 36.6 Å². The summed E-state index contributed by atoms with van der Waals surface area (Å²) in [5, 5.41) is 14.4. The van der Waals surface area contributed by atoms with Crippen LogP contribution < -0.4 is 4.74 Å². The first-order valence-corrected chi connectivity index (χ1v) is 9.06. The van der Waals surface area contributed by atoms with E-state index >= 15 is 0 Å². The lowest BCUT2D eigenvalue weighted by Crippen LogP contribution is -2.34. The molecule has 27 heavy (non-hydrogen) atoms. The summed E-state index contributed by atoms with van der Waals surface area (Å²) < 4.78 is 10.7. The number of hydrogen-bond donors (Lipinski definition) is 1. The quantitative estimate of drug-likeness (QED) is 0.742. The number of likely N-dealkylation sites (tertiary alicyclic amines) is 1. The van der Waals surface area contributed by atoms with Crippen molar-refractivity contribution in [3.8, 4) is 22.9 Å². The summed E-state index contributed by atoms with van der Waals surface area (Å²) in [4.78, 5) is 11.0. The van der Waals surface area contributed by atoms with E-state index in [1.54, 1.807) is 25.6 Å². The molecule has 0 saturated carbocycles. The number of ether oxygens (including phenoxy) is 1. The van der Waals surface area contributed by atoms with Gasteiger partial charge in [-0.2, -0.15) is 4.98 Å². The number of nitrogens with zero attached hydrogens (tertiary/aromatic N) is 4. The van der Waals surface area contributed by atoms with E-state index < -0.39 is 0 Å². The van der Waals surface area contributed by atoms with Crippen molar-refractivity contribution in [1.29, 1.82) is 0 Å². The lowest BCUT2D eigenvalue weighted by atomic mass is 9.97. The first-order chi connectivity index (χ1) is 13.2. The minimum absolute atomic E-state index is 0.185. The predicted molar refractivity (Wildman–Crippen MR) is 99.4 cm³/mol. The van der Waals surface area contributed by atoms with E-state index in [2.05, 4.69) is 20.0 Å². The number of aromatic hydroxyl groups is 1. The van der Waals surface area contributed by atoms with Crippen LogP contribution in [0.2, 0.25) is 0 Å². The number of pyridine rings is 1. The lowest BCUT2D eigenvalue weighted by molar-refractivity contribution is 0.178. The van der Waals surface area contributed by atoms with Gasteiger partial charge in [-0.1, -0.05) is 17.3 Å². The van der Waals surface area contributed by atoms with Crippen molar-refractivity contribution >= 4 is 0 Å². The van der Waals surface area contributed by atoms with E-state index in [9.17, 15) is 5.11 Å². The molecule has 1 saturated heterocycles. The average Bonchev–Trinajstić information content (AvgIpc) is 3.21. The maximum absolute atomic E-state index is 10.3. The molecule has 1 atom stereocenters. The number of benzene rings is 1. The molecule has 3 aromatic rings. The first kappa shape index (κ1) is 17.5. The number of phenolic OH excluding ortho intramolecular Hbond substituents is 1. The Morgan fingerprint density at radius 1 is 1.30 bits per heavy atom. The van der Waals surface area contributed by atoms with Gasteiger partial charge in [0.1, 0.15) is 0 Å². The average molecular weight is 366 g/mol. The second kappa shape index (κ2) is 7.75. The summed E-state index contributed by atoms with van der Waals surface area (Å²) >= 11 is 0. The van der Waals surface area contributed by atoms with Crippen LogP contribution in [-0.2, 0) is 6.54 Å². The molecule has 7 nitrogen and oxygen atoms in total. The monoisotopic (exact) mass is 366 g/mol. The molecular formula is C20H22N4O3. The van der Waals surface area contributed by atoms with Crippen molar-refractivity contribution in [3.63, 3.8) is 0 Å². The number of rotatable bonds is 5. The molecule has 1 fully saturated rings. The highest BCUT2D eigenvalue weighted by Crippen LogP contribution is 2.33. The highest BCUT2D eigenvalue weighted by atomic mass is 16.5. The van der Waals surface area contributed by atoms with Gasteiger partial charge in [-0.3, -0.25) is 9.88 Å². The third-order valence-electron chi connectivity index (χ3n) is 4.91. The van der Waals surface area contributed by atoms with Crippen molar-refractivity contribution in [1.82, 2.24) is 20.0 Å². The van der Waals surface area contributed by atoms with E-state index in [0.29, 0.717) is 24.0 Å². The zero-order chi connectivity index (χ0) is 18.6. The molecule has 140 valence electrons. The molecule has 2 aromatic heterocycles. The van der Waals surface area contributed by atoms with E-state index in [4.69, 9.17) is 9.26 Å². The molecule has 3 heterocycles. The van der Waals surface area contributed by atoms with Gasteiger partial charge in [-0.05, 0) is 37.6 Å². The smallest absolute Gasteiger partial charge is 0.231 e. The van der Waals surface area contributed by atoms with E-state index in [1.165, 1.54) is 0 Å². The molecule has 0 aliphatic carbocycles. The van der Waals surface area contributed by atoms with Gasteiger partial charge in [-0.25, -0.2) is 0 Å². The van der Waals surface area contributed by atoms with E-state index in [-0.39, 0.29) is 11.7 Å². The topological polar surface area (TPSA) is 84.5 Å². The summed E-state index contributed by atoms with van der Waals surface area (Å²) in [6.45, 7) is 2.44. The molecule has 0 bridgehead atoms. The number of para-hydroxylation sites is 1. The molecule has 1 unspecified atom stereocenters. The standard InChI is InChI=1S/C20H22N4O3/c1-26-17-8-2-5-15(18(17)25)12-24-10-4-7-16(13-24)20-22-19(23-27-20)14-6-3-9-21-11-14/h2-3,5-6,8-9,11,16,25H,4,7,10,12-13H2,1H3. The number of phenols is 1. The molecule has 1 aliphatic rings. The van der Waals surface area contributed by atoms with Gasteiger partial charge in [-0.15, -0.1) is 0 Å². The Balaban J connectivity index is 1.47. The van der Waals surface area contributed by atoms with Crippen molar-refractivity contribution < 1.29 is 14.4 Å². The van der Waals surface area contributed by atoms with Crippen molar-refractivity contribution in [3.05, 3.63) is 54.2 Å². The van der Waals surface area contributed by atoms with Crippen LogP contribution >= 0.6 is 0 Å². The van der Waals surface area contributed by atoms with E-state index in [0.717, 1.165) is 37.1 Å². The minimum atomic E-state index is 0.185. The van der Waals surface area contributed by atoms with Crippen LogP contribution in [0.5, 0.6) is 11.5 Å². The molecule has 1 aromatic carbocycles.